The van der Waals surface area contributed by atoms with E-state index in [0.29, 0.717) is 36.2 Å². The van der Waals surface area contributed by atoms with Crippen molar-refractivity contribution in [1.29, 1.82) is 0 Å². The number of halogens is 2. The Kier molecular flexibility index (Phi) is 6.98. The summed E-state index contributed by atoms with van der Waals surface area (Å²) in [4.78, 5) is 31.3. The van der Waals surface area contributed by atoms with Crippen LogP contribution in [0, 0.1) is 0 Å². The number of aromatic nitrogens is 1. The third-order valence-corrected chi connectivity index (χ3v) is 6.62. The predicted octanol–water partition coefficient (Wildman–Crippen LogP) is 4.77. The highest BCUT2D eigenvalue weighted by Gasteiger charge is 2.30. The number of ether oxygens (including phenoxy) is 1. The molecule has 3 aromatic rings. The second kappa shape index (κ2) is 9.91. The molecule has 0 fully saturated rings. The molecule has 5 nitrogen and oxygen atoms in total. The molecule has 0 bridgehead atoms. The Balaban J connectivity index is 1.89. The molecule has 2 aromatic carbocycles. The minimum absolute atomic E-state index is 0.226. The van der Waals surface area contributed by atoms with Gasteiger partial charge in [0.15, 0.2) is 4.80 Å². The van der Waals surface area contributed by atoms with Gasteiger partial charge in [0.25, 0.3) is 5.56 Å². The fraction of sp³-hybridized carbons (Fsp3) is 0.160. The normalized spacial score (nSPS) is 16.1. The van der Waals surface area contributed by atoms with Gasteiger partial charge in [0.1, 0.15) is 0 Å². The molecule has 8 heteroatoms. The predicted molar refractivity (Wildman–Crippen MR) is 133 cm³/mol. The van der Waals surface area contributed by atoms with E-state index in [9.17, 15) is 9.59 Å². The number of benzene rings is 2. The Morgan fingerprint density at radius 2 is 1.97 bits per heavy atom. The molecular formula is C25H20Cl2N2O3S. The van der Waals surface area contributed by atoms with Crippen LogP contribution >= 0.6 is 34.5 Å². The van der Waals surface area contributed by atoms with Gasteiger partial charge in [-0.05, 0) is 43.2 Å². The second-order valence-corrected chi connectivity index (χ2v) is 9.13. The number of hydrogen-bond acceptors (Lipinski definition) is 5. The topological polar surface area (TPSA) is 60.7 Å². The highest BCUT2D eigenvalue weighted by molar-refractivity contribution is 7.07. The molecule has 1 unspecified atom stereocenters. The molecule has 1 aromatic heterocycles. The lowest BCUT2D eigenvalue weighted by Crippen LogP contribution is -2.38. The van der Waals surface area contributed by atoms with Crippen LogP contribution in [0.2, 0.25) is 10.0 Å². The standard InChI is InChI=1S/C25H20Cl2N2O3S/c1-3-32-24(31)22-15(2)28-25-29(20(22)12-9-16-7-5-4-6-8-16)23(30)21(33-25)13-17-10-11-18(26)14-19(17)27/h4-14,20H,3H2,1-2H3/b12-9+,21-13?. The summed E-state index contributed by atoms with van der Waals surface area (Å²) in [6, 6.07) is 14.1. The number of carbonyl (C=O) groups excluding carboxylic acids is 1. The maximum absolute atomic E-state index is 13.5. The third-order valence-electron chi connectivity index (χ3n) is 5.08. The first-order valence-electron chi connectivity index (χ1n) is 10.3. The average molecular weight is 499 g/mol. The van der Waals surface area contributed by atoms with Gasteiger partial charge in [0, 0.05) is 10.0 Å². The van der Waals surface area contributed by atoms with E-state index in [2.05, 4.69) is 4.99 Å². The van der Waals surface area contributed by atoms with Crippen molar-refractivity contribution >= 4 is 52.7 Å². The zero-order valence-corrected chi connectivity index (χ0v) is 20.2. The molecule has 0 saturated carbocycles. The first-order valence-corrected chi connectivity index (χ1v) is 11.8. The van der Waals surface area contributed by atoms with Gasteiger partial charge in [-0.25, -0.2) is 9.79 Å². The van der Waals surface area contributed by atoms with Gasteiger partial charge in [-0.1, -0.05) is 83.1 Å². The molecule has 33 heavy (non-hydrogen) atoms. The Hall–Kier alpha value is -2.93. The summed E-state index contributed by atoms with van der Waals surface area (Å²) < 4.78 is 7.26. The molecule has 1 aliphatic rings. The summed E-state index contributed by atoms with van der Waals surface area (Å²) in [5, 5.41) is 0.955. The SMILES string of the molecule is CCOC(=O)C1=C(C)N=c2sc(=Cc3ccc(Cl)cc3Cl)c(=O)n2C1/C=C/c1ccccc1. The van der Waals surface area contributed by atoms with Crippen molar-refractivity contribution in [1.82, 2.24) is 4.57 Å². The molecule has 1 aliphatic heterocycles. The van der Waals surface area contributed by atoms with Crippen LogP contribution in [0.15, 0.2) is 75.7 Å². The van der Waals surface area contributed by atoms with Crippen molar-refractivity contribution in [2.45, 2.75) is 19.9 Å². The smallest absolute Gasteiger partial charge is 0.338 e. The summed E-state index contributed by atoms with van der Waals surface area (Å²) in [7, 11) is 0. The fourth-order valence-electron chi connectivity index (χ4n) is 3.54. The monoisotopic (exact) mass is 498 g/mol. The molecule has 0 aliphatic carbocycles. The molecule has 0 saturated heterocycles. The van der Waals surface area contributed by atoms with Gasteiger partial charge in [-0.15, -0.1) is 0 Å². The first-order chi connectivity index (χ1) is 15.9. The molecule has 168 valence electrons. The maximum atomic E-state index is 13.5. The molecule has 1 atom stereocenters. The zero-order valence-electron chi connectivity index (χ0n) is 17.9. The van der Waals surface area contributed by atoms with Crippen LogP contribution in [-0.2, 0) is 9.53 Å². The van der Waals surface area contributed by atoms with Crippen molar-refractivity contribution in [2.24, 2.45) is 4.99 Å². The quantitative estimate of drug-likeness (QED) is 0.476. The minimum Gasteiger partial charge on any atom is -0.463 e. The minimum atomic E-state index is -0.650. The summed E-state index contributed by atoms with van der Waals surface area (Å²) in [6.45, 7) is 3.72. The summed E-state index contributed by atoms with van der Waals surface area (Å²) in [5.74, 6) is -0.489. The lowest BCUT2D eigenvalue weighted by Gasteiger charge is -2.21. The van der Waals surface area contributed by atoms with Gasteiger partial charge >= 0.3 is 5.97 Å². The highest BCUT2D eigenvalue weighted by Crippen LogP contribution is 2.26. The summed E-state index contributed by atoms with van der Waals surface area (Å²) in [5.41, 5.74) is 2.22. The number of thiazole rings is 1. The van der Waals surface area contributed by atoms with Crippen molar-refractivity contribution in [2.75, 3.05) is 6.61 Å². The third kappa shape index (κ3) is 4.88. The molecule has 0 radical (unpaired) electrons. The van der Waals surface area contributed by atoms with Crippen LogP contribution in [0.1, 0.15) is 31.0 Å². The van der Waals surface area contributed by atoms with Crippen molar-refractivity contribution in [3.05, 3.63) is 107 Å². The molecule has 2 heterocycles. The Morgan fingerprint density at radius 3 is 2.67 bits per heavy atom. The van der Waals surface area contributed by atoms with E-state index < -0.39 is 12.0 Å². The van der Waals surface area contributed by atoms with Gasteiger partial charge in [0.2, 0.25) is 0 Å². The second-order valence-electron chi connectivity index (χ2n) is 7.28. The number of rotatable bonds is 5. The van der Waals surface area contributed by atoms with Crippen molar-refractivity contribution < 1.29 is 9.53 Å². The number of fused-ring (bicyclic) bond motifs is 1. The van der Waals surface area contributed by atoms with E-state index in [-0.39, 0.29) is 12.2 Å². The Labute approximate surface area is 204 Å². The number of allylic oxidation sites excluding steroid dienone is 2. The van der Waals surface area contributed by atoms with Gasteiger partial charge in [-0.2, -0.15) is 0 Å². The molecule has 4 rings (SSSR count). The first kappa shape index (κ1) is 23.2. The largest absolute Gasteiger partial charge is 0.463 e. The number of hydrogen-bond donors (Lipinski definition) is 0. The van der Waals surface area contributed by atoms with Crippen LogP contribution in [0.4, 0.5) is 0 Å². The van der Waals surface area contributed by atoms with Crippen LogP contribution < -0.4 is 14.9 Å². The van der Waals surface area contributed by atoms with E-state index in [4.69, 9.17) is 27.9 Å². The highest BCUT2D eigenvalue weighted by atomic mass is 35.5. The fourth-order valence-corrected chi connectivity index (χ4v) is 5.05. The number of carbonyl (C=O) groups is 1. The van der Waals surface area contributed by atoms with Gasteiger partial charge < -0.3 is 4.74 Å². The Morgan fingerprint density at radius 1 is 1.21 bits per heavy atom. The van der Waals surface area contributed by atoms with Gasteiger partial charge in [0.05, 0.1) is 28.5 Å². The molecular weight excluding hydrogens is 479 g/mol. The lowest BCUT2D eigenvalue weighted by molar-refractivity contribution is -0.139. The van der Waals surface area contributed by atoms with Crippen molar-refractivity contribution in [3.63, 3.8) is 0 Å². The van der Waals surface area contributed by atoms with Crippen molar-refractivity contribution in [3.8, 4) is 0 Å². The van der Waals surface area contributed by atoms with Crippen LogP contribution in [0.25, 0.3) is 12.2 Å². The summed E-state index contributed by atoms with van der Waals surface area (Å²) >= 11 is 13.5. The number of esters is 1. The van der Waals surface area contributed by atoms with E-state index in [1.54, 1.807) is 38.1 Å². The van der Waals surface area contributed by atoms with Gasteiger partial charge in [-0.3, -0.25) is 9.36 Å². The van der Waals surface area contributed by atoms with E-state index >= 15 is 0 Å². The van der Waals surface area contributed by atoms with Crippen LogP contribution in [-0.4, -0.2) is 17.1 Å². The Bertz CT molecular complexity index is 1450. The molecule has 0 N–H and O–H groups in total. The maximum Gasteiger partial charge on any atom is 0.338 e. The lowest BCUT2D eigenvalue weighted by atomic mass is 10.0. The van der Waals surface area contributed by atoms with Crippen LogP contribution in [0.5, 0.6) is 0 Å². The zero-order chi connectivity index (χ0) is 23.5. The number of nitrogens with zero attached hydrogens (tertiary/aromatic N) is 2. The van der Waals surface area contributed by atoms with E-state index in [0.717, 1.165) is 5.56 Å². The average Bonchev–Trinajstić information content (AvgIpc) is 3.09. The summed E-state index contributed by atoms with van der Waals surface area (Å²) in [6.07, 6.45) is 5.43. The van der Waals surface area contributed by atoms with E-state index in [1.165, 1.54) is 15.9 Å². The van der Waals surface area contributed by atoms with E-state index in [1.807, 2.05) is 42.5 Å². The molecule has 0 spiro atoms. The molecule has 0 amide bonds. The van der Waals surface area contributed by atoms with Crippen LogP contribution in [0.3, 0.4) is 0 Å².